The van der Waals surface area contributed by atoms with Gasteiger partial charge in [0.1, 0.15) is 0 Å². The molecular formula is C13H23NO2S. The summed E-state index contributed by atoms with van der Waals surface area (Å²) in [5, 5.41) is -0.305. The van der Waals surface area contributed by atoms with Crippen LogP contribution >= 0.6 is 0 Å². The van der Waals surface area contributed by atoms with Gasteiger partial charge < -0.3 is 0 Å². The third-order valence-corrected chi connectivity index (χ3v) is 7.24. The summed E-state index contributed by atoms with van der Waals surface area (Å²) in [7, 11) is -3.08. The quantitative estimate of drug-likeness (QED) is 0.842. The fourth-order valence-corrected chi connectivity index (χ4v) is 5.52. The molecule has 2 bridgehead atoms. The van der Waals surface area contributed by atoms with Crippen molar-refractivity contribution in [3.63, 3.8) is 0 Å². The van der Waals surface area contributed by atoms with Crippen LogP contribution in [-0.2, 0) is 10.0 Å². The second kappa shape index (κ2) is 3.95. The highest BCUT2D eigenvalue weighted by molar-refractivity contribution is 7.90. The molecule has 0 aromatic carbocycles. The zero-order chi connectivity index (χ0) is 12.2. The maximum atomic E-state index is 11.9. The molecule has 98 valence electrons. The van der Waals surface area contributed by atoms with Gasteiger partial charge in [-0.2, -0.15) is 0 Å². The van der Waals surface area contributed by atoms with E-state index in [9.17, 15) is 8.42 Å². The summed E-state index contributed by atoms with van der Waals surface area (Å²) in [4.78, 5) is 0. The number of hydrogen-bond acceptors (Lipinski definition) is 2. The Morgan fingerprint density at radius 3 is 2.47 bits per heavy atom. The highest BCUT2D eigenvalue weighted by atomic mass is 32.2. The van der Waals surface area contributed by atoms with Gasteiger partial charge >= 0.3 is 0 Å². The van der Waals surface area contributed by atoms with E-state index < -0.39 is 10.0 Å². The van der Waals surface area contributed by atoms with Crippen LogP contribution in [0.3, 0.4) is 0 Å². The Morgan fingerprint density at radius 1 is 1.06 bits per heavy atom. The lowest BCUT2D eigenvalue weighted by molar-refractivity contribution is 0.224. The van der Waals surface area contributed by atoms with E-state index in [4.69, 9.17) is 0 Å². The first-order valence-electron chi connectivity index (χ1n) is 7.00. The molecule has 0 aromatic heterocycles. The predicted molar refractivity (Wildman–Crippen MR) is 68.0 cm³/mol. The lowest BCUT2D eigenvalue weighted by Gasteiger charge is -2.32. The van der Waals surface area contributed by atoms with Crippen LogP contribution in [0.5, 0.6) is 0 Å². The van der Waals surface area contributed by atoms with Crippen LogP contribution in [0, 0.1) is 23.7 Å². The normalized spacial score (nSPS) is 44.5. The maximum absolute atomic E-state index is 11.9. The van der Waals surface area contributed by atoms with Gasteiger partial charge in [0, 0.05) is 6.04 Å². The van der Waals surface area contributed by atoms with E-state index in [1.165, 1.54) is 25.7 Å². The first-order chi connectivity index (χ1) is 7.99. The van der Waals surface area contributed by atoms with Gasteiger partial charge in [-0.1, -0.05) is 6.42 Å². The molecular weight excluding hydrogens is 234 g/mol. The Morgan fingerprint density at radius 2 is 1.76 bits per heavy atom. The lowest BCUT2D eigenvalue weighted by Crippen LogP contribution is -2.44. The molecule has 5 unspecified atom stereocenters. The highest BCUT2D eigenvalue weighted by Crippen LogP contribution is 2.58. The van der Waals surface area contributed by atoms with E-state index in [1.807, 2.05) is 0 Å². The Labute approximate surface area is 104 Å². The number of fused-ring (bicyclic) bond motifs is 5. The fraction of sp³-hybridized carbons (Fsp3) is 1.00. The van der Waals surface area contributed by atoms with Gasteiger partial charge in [0.25, 0.3) is 0 Å². The Hall–Kier alpha value is -0.0900. The van der Waals surface area contributed by atoms with Gasteiger partial charge in [-0.05, 0) is 63.2 Å². The molecule has 4 heteroatoms. The van der Waals surface area contributed by atoms with E-state index in [1.54, 1.807) is 13.8 Å². The van der Waals surface area contributed by atoms with E-state index >= 15 is 0 Å². The first-order valence-corrected chi connectivity index (χ1v) is 8.55. The molecule has 0 heterocycles. The molecule has 0 amide bonds. The van der Waals surface area contributed by atoms with Crippen LogP contribution in [0.1, 0.15) is 46.0 Å². The molecule has 5 atom stereocenters. The molecule has 3 fully saturated rings. The van der Waals surface area contributed by atoms with Crippen LogP contribution in [-0.4, -0.2) is 19.7 Å². The van der Waals surface area contributed by atoms with Gasteiger partial charge in [0.2, 0.25) is 10.0 Å². The smallest absolute Gasteiger partial charge is 0.212 e. The molecule has 3 aliphatic rings. The summed E-state index contributed by atoms with van der Waals surface area (Å²) in [5.74, 6) is 3.21. The van der Waals surface area contributed by atoms with Crippen LogP contribution < -0.4 is 4.72 Å². The van der Waals surface area contributed by atoms with Gasteiger partial charge in [0.05, 0.1) is 5.25 Å². The van der Waals surface area contributed by atoms with Crippen molar-refractivity contribution in [3.05, 3.63) is 0 Å². The number of sulfonamides is 1. The Balaban J connectivity index is 1.72. The van der Waals surface area contributed by atoms with Gasteiger partial charge in [-0.3, -0.25) is 0 Å². The number of hydrogen-bond donors (Lipinski definition) is 1. The summed E-state index contributed by atoms with van der Waals surface area (Å²) in [6.45, 7) is 3.52. The summed E-state index contributed by atoms with van der Waals surface area (Å²) >= 11 is 0. The SMILES string of the molecule is CC(C)S(=O)(=O)NC1CC2CC1C1CCCC21. The van der Waals surface area contributed by atoms with E-state index in [2.05, 4.69) is 4.72 Å². The van der Waals surface area contributed by atoms with Crippen molar-refractivity contribution in [3.8, 4) is 0 Å². The van der Waals surface area contributed by atoms with E-state index in [0.717, 1.165) is 24.2 Å². The largest absolute Gasteiger partial charge is 0.214 e. The van der Waals surface area contributed by atoms with Crippen LogP contribution in [0.15, 0.2) is 0 Å². The van der Waals surface area contributed by atoms with Gasteiger partial charge in [0.15, 0.2) is 0 Å². The molecule has 3 rings (SSSR count). The zero-order valence-corrected chi connectivity index (χ0v) is 11.5. The summed E-state index contributed by atoms with van der Waals surface area (Å²) in [6, 6.07) is 0.242. The predicted octanol–water partition coefficient (Wildman–Crippen LogP) is 2.14. The molecule has 0 saturated heterocycles. The van der Waals surface area contributed by atoms with E-state index in [0.29, 0.717) is 5.92 Å². The fourth-order valence-electron chi connectivity index (χ4n) is 4.55. The standard InChI is InChI=1S/C13H23NO2S/c1-8(2)17(15,16)14-13-7-9-6-12(13)11-5-3-4-10(9)11/h8-14H,3-7H2,1-2H3. The van der Waals surface area contributed by atoms with Gasteiger partial charge in [-0.15, -0.1) is 0 Å². The highest BCUT2D eigenvalue weighted by Gasteiger charge is 2.54. The first kappa shape index (κ1) is 12.0. The Bertz CT molecular complexity index is 404. The Kier molecular flexibility index (Phi) is 2.78. The summed E-state index contributed by atoms with van der Waals surface area (Å²) in [6.07, 6.45) is 6.48. The molecule has 0 spiro atoms. The molecule has 3 aliphatic carbocycles. The molecule has 0 aliphatic heterocycles. The van der Waals surface area contributed by atoms with Crippen molar-refractivity contribution in [1.29, 1.82) is 0 Å². The van der Waals surface area contributed by atoms with Crippen molar-refractivity contribution >= 4 is 10.0 Å². The minimum atomic E-state index is -3.08. The van der Waals surface area contributed by atoms with Crippen molar-refractivity contribution in [2.24, 2.45) is 23.7 Å². The third kappa shape index (κ3) is 1.84. The van der Waals surface area contributed by atoms with E-state index in [-0.39, 0.29) is 11.3 Å². The lowest BCUT2D eigenvalue weighted by atomic mass is 9.79. The number of rotatable bonds is 3. The third-order valence-electron chi connectivity index (χ3n) is 5.36. The average molecular weight is 257 g/mol. The number of nitrogens with one attached hydrogen (secondary N) is 1. The van der Waals surface area contributed by atoms with Crippen molar-refractivity contribution in [2.75, 3.05) is 0 Å². The minimum absolute atomic E-state index is 0.242. The second-order valence-electron chi connectivity index (χ2n) is 6.47. The van der Waals surface area contributed by atoms with Crippen LogP contribution in [0.2, 0.25) is 0 Å². The molecule has 3 saturated carbocycles. The minimum Gasteiger partial charge on any atom is -0.212 e. The van der Waals surface area contributed by atoms with Crippen molar-refractivity contribution < 1.29 is 8.42 Å². The average Bonchev–Trinajstić information content (AvgIpc) is 2.84. The molecule has 0 aromatic rings. The van der Waals surface area contributed by atoms with Crippen molar-refractivity contribution in [2.45, 2.75) is 57.2 Å². The van der Waals surface area contributed by atoms with Crippen molar-refractivity contribution in [1.82, 2.24) is 4.72 Å². The topological polar surface area (TPSA) is 46.2 Å². The maximum Gasteiger partial charge on any atom is 0.214 e. The van der Waals surface area contributed by atoms with Gasteiger partial charge in [-0.25, -0.2) is 13.1 Å². The summed E-state index contributed by atoms with van der Waals surface area (Å²) < 4.78 is 26.9. The molecule has 0 radical (unpaired) electrons. The molecule has 1 N–H and O–H groups in total. The second-order valence-corrected chi connectivity index (χ2v) is 8.74. The zero-order valence-electron chi connectivity index (χ0n) is 10.7. The molecule has 17 heavy (non-hydrogen) atoms. The molecule has 3 nitrogen and oxygen atoms in total. The summed E-state index contributed by atoms with van der Waals surface area (Å²) in [5.41, 5.74) is 0. The van der Waals surface area contributed by atoms with Crippen LogP contribution in [0.25, 0.3) is 0 Å². The van der Waals surface area contributed by atoms with Crippen LogP contribution in [0.4, 0.5) is 0 Å². The monoisotopic (exact) mass is 257 g/mol.